The molecule has 0 unspecified atom stereocenters. The summed E-state index contributed by atoms with van der Waals surface area (Å²) in [5.41, 5.74) is 1.09. The van der Waals surface area contributed by atoms with E-state index in [1.807, 2.05) is 0 Å². The number of amides is 4. The van der Waals surface area contributed by atoms with Crippen LogP contribution < -0.4 is 15.5 Å². The average Bonchev–Trinajstić information content (AvgIpc) is 3.21. The van der Waals surface area contributed by atoms with E-state index in [0.29, 0.717) is 23.8 Å². The van der Waals surface area contributed by atoms with Gasteiger partial charge in [-0.05, 0) is 30.7 Å². The first-order chi connectivity index (χ1) is 12.6. The first-order valence-corrected chi connectivity index (χ1v) is 8.71. The maximum atomic E-state index is 12.6. The lowest BCUT2D eigenvalue weighted by atomic mass is 9.67. The molecule has 1 saturated carbocycles. The molecule has 3 fully saturated rings. The molecule has 4 amide bonds. The van der Waals surface area contributed by atoms with Gasteiger partial charge >= 0.3 is 6.03 Å². The number of hydrogen-bond donors (Lipinski definition) is 2. The number of nitrogens with one attached hydrogen (secondary N) is 2. The topological polar surface area (TPSA) is 97.0 Å². The Kier molecular flexibility index (Phi) is 4.37. The number of imide groups is 1. The van der Waals surface area contributed by atoms with Crippen LogP contribution in [0, 0.1) is 11.8 Å². The fourth-order valence-electron chi connectivity index (χ4n) is 4.11. The molecule has 26 heavy (non-hydrogen) atoms. The maximum Gasteiger partial charge on any atom is 0.329 e. The van der Waals surface area contributed by atoms with Crippen molar-refractivity contribution in [2.75, 3.05) is 31.8 Å². The first-order valence-electron chi connectivity index (χ1n) is 8.71. The van der Waals surface area contributed by atoms with Crippen molar-refractivity contribution in [2.45, 2.75) is 18.6 Å². The number of rotatable bonds is 5. The average molecular weight is 359 g/mol. The van der Waals surface area contributed by atoms with E-state index >= 15 is 0 Å². The third kappa shape index (κ3) is 2.85. The summed E-state index contributed by atoms with van der Waals surface area (Å²) in [6.45, 7) is 1.28. The number of ether oxygens (including phenoxy) is 2. The van der Waals surface area contributed by atoms with Gasteiger partial charge in [0.1, 0.15) is 6.54 Å². The molecule has 1 aromatic carbocycles. The van der Waals surface area contributed by atoms with Crippen LogP contribution >= 0.6 is 0 Å². The Balaban J connectivity index is 1.42. The highest BCUT2D eigenvalue weighted by molar-refractivity contribution is 6.12. The summed E-state index contributed by atoms with van der Waals surface area (Å²) >= 11 is 0. The van der Waals surface area contributed by atoms with E-state index < -0.39 is 6.03 Å². The molecular weight excluding hydrogens is 338 g/mol. The summed E-state index contributed by atoms with van der Waals surface area (Å²) in [6.07, 6.45) is 1.13. The zero-order chi connectivity index (χ0) is 18.3. The van der Waals surface area contributed by atoms with Gasteiger partial charge in [0.25, 0.3) is 5.91 Å². The lowest BCUT2D eigenvalue weighted by Crippen LogP contribution is -2.62. The fourth-order valence-corrected chi connectivity index (χ4v) is 4.11. The van der Waals surface area contributed by atoms with Crippen LogP contribution in [-0.4, -0.2) is 56.9 Å². The zero-order valence-corrected chi connectivity index (χ0v) is 14.4. The summed E-state index contributed by atoms with van der Waals surface area (Å²) in [6, 6.07) is 6.26. The second-order valence-corrected chi connectivity index (χ2v) is 6.89. The SMILES string of the molecule is COC[C@@H]1[C@H](NC(=O)c2ccc(N3CC(=O)NC3=O)cc2)[C@@H]2CCO[C@H]12. The smallest absolute Gasteiger partial charge is 0.329 e. The number of carbonyl (C=O) groups excluding carboxylic acids is 3. The van der Waals surface area contributed by atoms with Gasteiger partial charge in [-0.15, -0.1) is 0 Å². The Morgan fingerprint density at radius 2 is 2.12 bits per heavy atom. The summed E-state index contributed by atoms with van der Waals surface area (Å²) in [4.78, 5) is 36.9. The number of carbonyl (C=O) groups is 3. The minimum absolute atomic E-state index is 0.00574. The Morgan fingerprint density at radius 1 is 1.35 bits per heavy atom. The number of hydrogen-bond acceptors (Lipinski definition) is 5. The van der Waals surface area contributed by atoms with Crippen LogP contribution in [0.25, 0.3) is 0 Å². The number of methoxy groups -OCH3 is 1. The minimum atomic E-state index is -0.448. The van der Waals surface area contributed by atoms with E-state index in [2.05, 4.69) is 10.6 Å². The molecule has 8 heteroatoms. The van der Waals surface area contributed by atoms with Crippen LogP contribution in [0.4, 0.5) is 10.5 Å². The van der Waals surface area contributed by atoms with Gasteiger partial charge in [0.15, 0.2) is 0 Å². The normalized spacial score (nSPS) is 30.0. The highest BCUT2D eigenvalue weighted by Crippen LogP contribution is 2.43. The van der Waals surface area contributed by atoms with Crippen molar-refractivity contribution in [3.8, 4) is 0 Å². The molecule has 1 aromatic rings. The third-order valence-electron chi connectivity index (χ3n) is 5.42. The van der Waals surface area contributed by atoms with Crippen molar-refractivity contribution >= 4 is 23.5 Å². The second-order valence-electron chi connectivity index (χ2n) is 6.89. The molecular formula is C18H21N3O5. The van der Waals surface area contributed by atoms with Crippen LogP contribution in [-0.2, 0) is 14.3 Å². The predicted molar refractivity (Wildman–Crippen MR) is 91.8 cm³/mol. The Bertz CT molecular complexity index is 735. The number of fused-ring (bicyclic) bond motifs is 1. The van der Waals surface area contributed by atoms with E-state index in [0.717, 1.165) is 13.0 Å². The molecule has 2 saturated heterocycles. The molecule has 3 aliphatic rings. The summed E-state index contributed by atoms with van der Waals surface area (Å²) in [5.74, 6) is 0.0296. The molecule has 8 nitrogen and oxygen atoms in total. The zero-order valence-electron chi connectivity index (χ0n) is 14.4. The molecule has 4 atom stereocenters. The van der Waals surface area contributed by atoms with Crippen molar-refractivity contribution in [3.63, 3.8) is 0 Å². The van der Waals surface area contributed by atoms with E-state index in [-0.39, 0.29) is 36.4 Å². The van der Waals surface area contributed by atoms with Gasteiger partial charge in [-0.3, -0.25) is 19.8 Å². The summed E-state index contributed by atoms with van der Waals surface area (Å²) in [5, 5.41) is 5.33. The monoisotopic (exact) mass is 359 g/mol. The van der Waals surface area contributed by atoms with E-state index in [1.54, 1.807) is 31.4 Å². The molecule has 0 spiro atoms. The van der Waals surface area contributed by atoms with Crippen molar-refractivity contribution in [1.82, 2.24) is 10.6 Å². The van der Waals surface area contributed by atoms with Gasteiger partial charge in [-0.1, -0.05) is 0 Å². The van der Waals surface area contributed by atoms with Crippen molar-refractivity contribution < 1.29 is 23.9 Å². The van der Waals surface area contributed by atoms with Crippen LogP contribution in [0.3, 0.4) is 0 Å². The van der Waals surface area contributed by atoms with Gasteiger partial charge in [-0.2, -0.15) is 0 Å². The first kappa shape index (κ1) is 17.0. The van der Waals surface area contributed by atoms with Gasteiger partial charge in [0.2, 0.25) is 5.91 Å². The molecule has 2 aliphatic heterocycles. The number of anilines is 1. The molecule has 2 heterocycles. The van der Waals surface area contributed by atoms with E-state index in [4.69, 9.17) is 9.47 Å². The van der Waals surface area contributed by atoms with Crippen LogP contribution in [0.15, 0.2) is 24.3 Å². The van der Waals surface area contributed by atoms with Crippen LogP contribution in [0.1, 0.15) is 16.8 Å². The van der Waals surface area contributed by atoms with Gasteiger partial charge in [-0.25, -0.2) is 4.79 Å². The molecule has 138 valence electrons. The Labute approximate surface area is 150 Å². The van der Waals surface area contributed by atoms with E-state index in [9.17, 15) is 14.4 Å². The van der Waals surface area contributed by atoms with E-state index in [1.165, 1.54) is 4.90 Å². The van der Waals surface area contributed by atoms with Gasteiger partial charge < -0.3 is 14.8 Å². The maximum absolute atomic E-state index is 12.6. The van der Waals surface area contributed by atoms with Crippen molar-refractivity contribution in [1.29, 1.82) is 0 Å². The third-order valence-corrected chi connectivity index (χ3v) is 5.42. The van der Waals surface area contributed by atoms with Crippen molar-refractivity contribution in [2.24, 2.45) is 11.8 Å². The molecule has 2 N–H and O–H groups in total. The largest absolute Gasteiger partial charge is 0.384 e. The van der Waals surface area contributed by atoms with Crippen molar-refractivity contribution in [3.05, 3.63) is 29.8 Å². The predicted octanol–water partition coefficient (Wildman–Crippen LogP) is 0.522. The molecule has 4 rings (SSSR count). The molecule has 0 radical (unpaired) electrons. The molecule has 1 aliphatic carbocycles. The summed E-state index contributed by atoms with van der Waals surface area (Å²) in [7, 11) is 1.65. The standard InChI is InChI=1S/C18H21N3O5/c1-25-9-13-15(12-6-7-26-16(12)13)20-17(23)10-2-4-11(5-3-10)21-8-14(22)19-18(21)24/h2-5,12-13,15-16H,6-9H2,1H3,(H,20,23)(H,19,22,24)/t12-,13+,15+,16-/m0/s1. The van der Waals surface area contributed by atoms with Gasteiger partial charge in [0, 0.05) is 42.8 Å². The van der Waals surface area contributed by atoms with Crippen LogP contribution in [0.2, 0.25) is 0 Å². The fraction of sp³-hybridized carbons (Fsp3) is 0.500. The Hall–Kier alpha value is -2.45. The Morgan fingerprint density at radius 3 is 2.77 bits per heavy atom. The quantitative estimate of drug-likeness (QED) is 0.747. The highest BCUT2D eigenvalue weighted by Gasteiger charge is 2.54. The lowest BCUT2D eigenvalue weighted by Gasteiger charge is -2.47. The summed E-state index contributed by atoms with van der Waals surface area (Å²) < 4.78 is 11.0. The number of nitrogens with zero attached hydrogens (tertiary/aromatic N) is 1. The highest BCUT2D eigenvalue weighted by atomic mass is 16.5. The number of urea groups is 1. The van der Waals surface area contributed by atoms with Crippen LogP contribution in [0.5, 0.6) is 0 Å². The van der Waals surface area contributed by atoms with Gasteiger partial charge in [0.05, 0.1) is 12.7 Å². The lowest BCUT2D eigenvalue weighted by molar-refractivity contribution is -0.117. The minimum Gasteiger partial charge on any atom is -0.384 e. The molecule has 0 aromatic heterocycles. The second kappa shape index (κ2) is 6.69. The number of benzene rings is 1. The molecule has 0 bridgehead atoms.